The van der Waals surface area contributed by atoms with Crippen molar-refractivity contribution < 1.29 is 29.9 Å². The van der Waals surface area contributed by atoms with E-state index in [1.54, 1.807) is 0 Å². The van der Waals surface area contributed by atoms with Crippen LogP contribution in [0, 0.1) is 5.39 Å². The van der Waals surface area contributed by atoms with Crippen LogP contribution in [0.4, 0.5) is 5.69 Å². The van der Waals surface area contributed by atoms with E-state index in [-0.39, 0.29) is 0 Å². The molecule has 0 aliphatic carbocycles. The highest BCUT2D eigenvalue weighted by Crippen LogP contribution is 2.25. The molecule has 0 amide bonds. The zero-order valence-corrected chi connectivity index (χ0v) is 10.4. The summed E-state index contributed by atoms with van der Waals surface area (Å²) >= 11 is 0. The second-order valence-corrected chi connectivity index (χ2v) is 4.41. The summed E-state index contributed by atoms with van der Waals surface area (Å²) in [6, 6.07) is 5.91. The zero-order chi connectivity index (χ0) is 14.7. The summed E-state index contributed by atoms with van der Waals surface area (Å²) in [5, 5.41) is 46.6. The maximum atomic E-state index is 9.78. The van der Waals surface area contributed by atoms with Crippen LogP contribution in [-0.4, -0.2) is 57.7 Å². The third-order valence-corrected chi connectivity index (χ3v) is 3.05. The Bertz CT molecular complexity index is 486. The molecule has 8 nitrogen and oxygen atoms in total. The Hall–Kier alpha value is -1.76. The van der Waals surface area contributed by atoms with E-state index in [4.69, 9.17) is 20.0 Å². The fraction of sp³-hybridized carbons (Fsp3) is 0.500. The summed E-state index contributed by atoms with van der Waals surface area (Å²) in [5.41, 5.74) is 0.325. The van der Waals surface area contributed by atoms with Crippen LogP contribution in [0.1, 0.15) is 0 Å². The van der Waals surface area contributed by atoms with E-state index in [1.807, 2.05) is 0 Å². The van der Waals surface area contributed by atoms with Gasteiger partial charge in [0, 0.05) is 12.1 Å². The standard InChI is InChI=1S/C12H15N2O6/c13-14-6-1-3-7(4-2-6)19-12-11(18)10(17)9(16)8(5-15)20-12/h1-4,8-12,15-18H,5H2/q+1/t8-,9+,10+,11-,12+/m1/s1. The van der Waals surface area contributed by atoms with Gasteiger partial charge in [-0.05, 0) is 12.1 Å². The van der Waals surface area contributed by atoms with Crippen LogP contribution in [-0.2, 0) is 4.74 Å². The second kappa shape index (κ2) is 6.13. The van der Waals surface area contributed by atoms with Gasteiger partial charge in [-0.25, -0.2) is 0 Å². The van der Waals surface area contributed by atoms with Crippen LogP contribution in [0.5, 0.6) is 5.75 Å². The minimum atomic E-state index is -1.49. The summed E-state index contributed by atoms with van der Waals surface area (Å²) < 4.78 is 10.5. The Morgan fingerprint density at radius 2 is 1.75 bits per heavy atom. The van der Waals surface area contributed by atoms with E-state index in [2.05, 4.69) is 4.98 Å². The first-order chi connectivity index (χ1) is 9.56. The summed E-state index contributed by atoms with van der Waals surface area (Å²) in [4.78, 5) is 2.98. The average molecular weight is 283 g/mol. The van der Waals surface area contributed by atoms with Gasteiger partial charge < -0.3 is 29.9 Å². The number of diazo groups is 1. The van der Waals surface area contributed by atoms with E-state index in [0.717, 1.165) is 0 Å². The van der Waals surface area contributed by atoms with Crippen molar-refractivity contribution >= 4 is 5.69 Å². The smallest absolute Gasteiger partial charge is 0.385 e. The third-order valence-electron chi connectivity index (χ3n) is 3.05. The van der Waals surface area contributed by atoms with Crippen molar-refractivity contribution in [3.63, 3.8) is 0 Å². The number of aliphatic hydroxyl groups excluding tert-OH is 4. The molecule has 1 aromatic carbocycles. The van der Waals surface area contributed by atoms with Crippen molar-refractivity contribution in [1.82, 2.24) is 0 Å². The molecule has 0 radical (unpaired) electrons. The van der Waals surface area contributed by atoms with Gasteiger partial charge in [0.05, 0.1) is 6.61 Å². The number of aliphatic hydroxyl groups is 4. The number of hydrogen-bond acceptors (Lipinski definition) is 7. The first kappa shape index (κ1) is 14.6. The van der Waals surface area contributed by atoms with Crippen LogP contribution in [0.2, 0.25) is 0 Å². The number of rotatable bonds is 3. The first-order valence-corrected chi connectivity index (χ1v) is 5.99. The lowest BCUT2D eigenvalue weighted by atomic mass is 9.99. The van der Waals surface area contributed by atoms with Crippen molar-refractivity contribution in [2.45, 2.75) is 30.7 Å². The van der Waals surface area contributed by atoms with E-state index < -0.39 is 37.3 Å². The van der Waals surface area contributed by atoms with Crippen LogP contribution in [0.15, 0.2) is 24.3 Å². The second-order valence-electron chi connectivity index (χ2n) is 4.41. The Labute approximate surface area is 114 Å². The van der Waals surface area contributed by atoms with Gasteiger partial charge in [0.2, 0.25) is 11.7 Å². The van der Waals surface area contributed by atoms with Crippen molar-refractivity contribution in [2.24, 2.45) is 0 Å². The van der Waals surface area contributed by atoms with Gasteiger partial charge in [-0.2, -0.15) is 0 Å². The minimum Gasteiger partial charge on any atom is -0.462 e. The molecular weight excluding hydrogens is 268 g/mol. The molecule has 5 atom stereocenters. The lowest BCUT2D eigenvalue weighted by molar-refractivity contribution is -0.277. The highest BCUT2D eigenvalue weighted by atomic mass is 16.7. The first-order valence-electron chi connectivity index (χ1n) is 5.99. The molecule has 0 bridgehead atoms. The Kier molecular flexibility index (Phi) is 4.49. The number of hydrogen-bond donors (Lipinski definition) is 4. The fourth-order valence-electron chi connectivity index (χ4n) is 1.89. The normalized spacial score (nSPS) is 33.5. The van der Waals surface area contributed by atoms with Gasteiger partial charge in [0.1, 0.15) is 30.2 Å². The third kappa shape index (κ3) is 2.87. The fourth-order valence-corrected chi connectivity index (χ4v) is 1.89. The molecule has 0 unspecified atom stereocenters. The van der Waals surface area contributed by atoms with Gasteiger partial charge in [0.25, 0.3) is 0 Å². The lowest BCUT2D eigenvalue weighted by Crippen LogP contribution is -2.60. The summed E-state index contributed by atoms with van der Waals surface area (Å²) in [5.74, 6) is 0.307. The van der Waals surface area contributed by atoms with E-state index in [1.165, 1.54) is 24.3 Å². The SMILES string of the molecule is N#[N+]c1ccc(O[C@H]2O[C@H](CO)[C@H](O)[C@H](O)[C@H]2O)cc1. The molecule has 1 fully saturated rings. The van der Waals surface area contributed by atoms with Gasteiger partial charge in [-0.15, -0.1) is 0 Å². The quantitative estimate of drug-likeness (QED) is 0.543. The lowest BCUT2D eigenvalue weighted by Gasteiger charge is -2.39. The molecule has 1 aromatic rings. The number of benzene rings is 1. The molecule has 20 heavy (non-hydrogen) atoms. The maximum Gasteiger partial charge on any atom is 0.385 e. The van der Waals surface area contributed by atoms with E-state index >= 15 is 0 Å². The van der Waals surface area contributed by atoms with E-state index in [0.29, 0.717) is 11.4 Å². The molecule has 4 N–H and O–H groups in total. The predicted molar refractivity (Wildman–Crippen MR) is 65.6 cm³/mol. The van der Waals surface area contributed by atoms with Crippen LogP contribution >= 0.6 is 0 Å². The summed E-state index contributed by atoms with van der Waals surface area (Å²) in [6.07, 6.45) is -6.63. The maximum absolute atomic E-state index is 9.78. The zero-order valence-electron chi connectivity index (χ0n) is 10.4. The van der Waals surface area contributed by atoms with Gasteiger partial charge in [0.15, 0.2) is 4.98 Å². The van der Waals surface area contributed by atoms with Crippen molar-refractivity contribution in [1.29, 1.82) is 5.39 Å². The van der Waals surface area contributed by atoms with Crippen molar-refractivity contribution in [3.05, 3.63) is 29.2 Å². The van der Waals surface area contributed by atoms with Crippen LogP contribution < -0.4 is 4.74 Å². The topological polar surface area (TPSA) is 128 Å². The molecule has 1 heterocycles. The molecular formula is C12H15N2O6+. The predicted octanol–water partition coefficient (Wildman–Crippen LogP) is -0.650. The highest BCUT2D eigenvalue weighted by Gasteiger charge is 2.44. The van der Waals surface area contributed by atoms with Crippen LogP contribution in [0.25, 0.3) is 4.98 Å². The Morgan fingerprint density at radius 3 is 2.30 bits per heavy atom. The highest BCUT2D eigenvalue weighted by molar-refractivity contribution is 5.46. The largest absolute Gasteiger partial charge is 0.462 e. The molecule has 1 aliphatic rings. The molecule has 1 aliphatic heterocycles. The number of nitrogens with zero attached hydrogens (tertiary/aromatic N) is 2. The molecule has 2 rings (SSSR count). The Balaban J connectivity index is 2.09. The van der Waals surface area contributed by atoms with Gasteiger partial charge in [-0.3, -0.25) is 0 Å². The number of ether oxygens (including phenoxy) is 2. The van der Waals surface area contributed by atoms with Gasteiger partial charge in [-0.1, -0.05) is 0 Å². The monoisotopic (exact) mass is 283 g/mol. The van der Waals surface area contributed by atoms with Gasteiger partial charge >= 0.3 is 5.69 Å². The Morgan fingerprint density at radius 1 is 1.10 bits per heavy atom. The van der Waals surface area contributed by atoms with E-state index in [9.17, 15) is 15.3 Å². The molecule has 0 aromatic heterocycles. The average Bonchev–Trinajstić information content (AvgIpc) is 2.48. The molecule has 0 saturated carbocycles. The minimum absolute atomic E-state index is 0.307. The molecule has 1 saturated heterocycles. The van der Waals surface area contributed by atoms with Crippen molar-refractivity contribution in [2.75, 3.05) is 6.61 Å². The molecule has 0 spiro atoms. The summed E-state index contributed by atoms with van der Waals surface area (Å²) in [6.45, 7) is -0.521. The van der Waals surface area contributed by atoms with Crippen molar-refractivity contribution in [3.8, 4) is 5.75 Å². The summed E-state index contributed by atoms with van der Waals surface area (Å²) in [7, 11) is 0. The molecule has 8 heteroatoms. The van der Waals surface area contributed by atoms with Crippen LogP contribution in [0.3, 0.4) is 0 Å². The molecule has 108 valence electrons.